The van der Waals surface area contributed by atoms with Crippen LogP contribution < -0.4 is 16.0 Å². The van der Waals surface area contributed by atoms with Gasteiger partial charge >= 0.3 is 0 Å². The molecule has 19 heavy (non-hydrogen) atoms. The molecule has 1 heterocycles. The number of carbonyl (C=O) groups is 1. The van der Waals surface area contributed by atoms with Gasteiger partial charge in [-0.3, -0.25) is 14.9 Å². The van der Waals surface area contributed by atoms with Gasteiger partial charge in [0.25, 0.3) is 5.69 Å². The van der Waals surface area contributed by atoms with Crippen LogP contribution >= 0.6 is 0 Å². The highest BCUT2D eigenvalue weighted by Crippen LogP contribution is 2.20. The van der Waals surface area contributed by atoms with E-state index in [-0.39, 0.29) is 35.8 Å². The summed E-state index contributed by atoms with van der Waals surface area (Å²) in [5, 5.41) is 13.4. The number of likely N-dealkylation sites (N-methyl/N-ethyl adjacent to an activating group) is 1. The third-order valence-corrected chi connectivity index (χ3v) is 2.25. The van der Waals surface area contributed by atoms with Crippen LogP contribution in [0.15, 0.2) is 12.1 Å². The number of pyridine rings is 1. The summed E-state index contributed by atoms with van der Waals surface area (Å²) in [6.07, 6.45) is 0. The normalized spacial score (nSPS) is 10.3. The number of rotatable bonds is 5. The topological polar surface area (TPSA) is 114 Å². The summed E-state index contributed by atoms with van der Waals surface area (Å²) in [5.74, 6) is 0.135. The molecule has 8 heteroatoms. The van der Waals surface area contributed by atoms with Crippen LogP contribution in [0.2, 0.25) is 0 Å². The minimum absolute atomic E-state index is 0.0315. The molecule has 3 N–H and O–H groups in total. The van der Waals surface area contributed by atoms with Gasteiger partial charge in [-0.15, -0.1) is 0 Å². The Bertz CT molecular complexity index is 489. The molecular formula is C11H17N5O3. The van der Waals surface area contributed by atoms with Crippen molar-refractivity contribution >= 4 is 23.2 Å². The maximum atomic E-state index is 11.6. The van der Waals surface area contributed by atoms with Crippen LogP contribution in [-0.4, -0.2) is 35.4 Å². The Hall–Kier alpha value is -2.38. The molecule has 0 unspecified atom stereocenters. The fourth-order valence-electron chi connectivity index (χ4n) is 1.49. The van der Waals surface area contributed by atoms with Gasteiger partial charge in [0.1, 0.15) is 11.6 Å². The highest BCUT2D eigenvalue weighted by Gasteiger charge is 2.14. The van der Waals surface area contributed by atoms with Crippen LogP contribution in [0.5, 0.6) is 0 Å². The first-order valence-electron chi connectivity index (χ1n) is 5.72. The second-order valence-electron chi connectivity index (χ2n) is 4.44. The van der Waals surface area contributed by atoms with Gasteiger partial charge in [-0.25, -0.2) is 4.98 Å². The Morgan fingerprint density at radius 3 is 2.74 bits per heavy atom. The summed E-state index contributed by atoms with van der Waals surface area (Å²) in [4.78, 5) is 27.2. The van der Waals surface area contributed by atoms with Gasteiger partial charge in [0, 0.05) is 13.1 Å². The number of anilines is 2. The van der Waals surface area contributed by atoms with E-state index >= 15 is 0 Å². The zero-order valence-corrected chi connectivity index (χ0v) is 11.1. The third-order valence-electron chi connectivity index (χ3n) is 2.25. The van der Waals surface area contributed by atoms with Gasteiger partial charge < -0.3 is 16.0 Å². The van der Waals surface area contributed by atoms with Crippen molar-refractivity contribution in [2.24, 2.45) is 0 Å². The van der Waals surface area contributed by atoms with Crippen molar-refractivity contribution in [3.05, 3.63) is 22.2 Å². The lowest BCUT2D eigenvalue weighted by Crippen LogP contribution is -2.38. The minimum Gasteiger partial charge on any atom is -0.383 e. The number of hydrogen-bond donors (Lipinski definition) is 2. The highest BCUT2D eigenvalue weighted by atomic mass is 16.6. The van der Waals surface area contributed by atoms with E-state index in [9.17, 15) is 14.9 Å². The van der Waals surface area contributed by atoms with Crippen LogP contribution in [0, 0.1) is 10.1 Å². The van der Waals surface area contributed by atoms with Gasteiger partial charge in [0.2, 0.25) is 5.91 Å². The van der Waals surface area contributed by atoms with Crippen LogP contribution in [0.1, 0.15) is 13.8 Å². The monoisotopic (exact) mass is 267 g/mol. The maximum Gasteiger partial charge on any atom is 0.276 e. The molecule has 0 bridgehead atoms. The Balaban J connectivity index is 2.84. The smallest absolute Gasteiger partial charge is 0.276 e. The number of nitrogen functional groups attached to an aromatic ring is 1. The average molecular weight is 267 g/mol. The molecule has 1 amide bonds. The quantitative estimate of drug-likeness (QED) is 0.594. The van der Waals surface area contributed by atoms with Gasteiger partial charge in [-0.05, 0) is 13.8 Å². The van der Waals surface area contributed by atoms with E-state index < -0.39 is 4.92 Å². The van der Waals surface area contributed by atoms with Crippen molar-refractivity contribution < 1.29 is 9.72 Å². The number of carbonyl (C=O) groups excluding carboxylic acids is 1. The Kier molecular flexibility index (Phi) is 4.62. The molecule has 0 fully saturated rings. The number of nitrogens with zero attached hydrogens (tertiary/aromatic N) is 3. The SMILES string of the molecule is CC(C)NC(=O)CN(C)c1cc([N+](=O)[O-])cc(N)n1. The summed E-state index contributed by atoms with van der Waals surface area (Å²) >= 11 is 0. The van der Waals surface area contributed by atoms with E-state index in [4.69, 9.17) is 5.73 Å². The Morgan fingerprint density at radius 2 is 2.21 bits per heavy atom. The van der Waals surface area contributed by atoms with Gasteiger partial charge in [-0.1, -0.05) is 0 Å². The predicted molar refractivity (Wildman–Crippen MR) is 71.9 cm³/mol. The second kappa shape index (κ2) is 5.98. The van der Waals surface area contributed by atoms with Crippen LogP contribution in [0.3, 0.4) is 0 Å². The van der Waals surface area contributed by atoms with Crippen LogP contribution in [-0.2, 0) is 4.79 Å². The molecular weight excluding hydrogens is 250 g/mol. The molecule has 1 aromatic rings. The first-order chi connectivity index (χ1) is 8.79. The zero-order valence-electron chi connectivity index (χ0n) is 11.1. The van der Waals surface area contributed by atoms with E-state index in [0.717, 1.165) is 0 Å². The molecule has 0 radical (unpaired) electrons. The molecule has 0 aliphatic rings. The van der Waals surface area contributed by atoms with E-state index in [0.29, 0.717) is 0 Å². The summed E-state index contributed by atoms with van der Waals surface area (Å²) < 4.78 is 0. The van der Waals surface area contributed by atoms with Crippen molar-refractivity contribution in [3.8, 4) is 0 Å². The van der Waals surface area contributed by atoms with Crippen LogP contribution in [0.4, 0.5) is 17.3 Å². The molecule has 0 aliphatic heterocycles. The maximum absolute atomic E-state index is 11.6. The van der Waals surface area contributed by atoms with Gasteiger partial charge in [0.15, 0.2) is 0 Å². The molecule has 0 aliphatic carbocycles. The fraction of sp³-hybridized carbons (Fsp3) is 0.455. The number of hydrogen-bond acceptors (Lipinski definition) is 6. The first-order valence-corrected chi connectivity index (χ1v) is 5.72. The summed E-state index contributed by atoms with van der Waals surface area (Å²) in [5.41, 5.74) is 5.35. The largest absolute Gasteiger partial charge is 0.383 e. The van der Waals surface area contributed by atoms with Gasteiger partial charge in [0.05, 0.1) is 23.6 Å². The summed E-state index contributed by atoms with van der Waals surface area (Å²) in [6.45, 7) is 3.74. The lowest BCUT2D eigenvalue weighted by molar-refractivity contribution is -0.384. The van der Waals surface area contributed by atoms with Crippen molar-refractivity contribution in [1.82, 2.24) is 10.3 Å². The molecule has 0 saturated heterocycles. The second-order valence-corrected chi connectivity index (χ2v) is 4.44. The van der Waals surface area contributed by atoms with E-state index in [1.165, 1.54) is 17.0 Å². The number of aromatic nitrogens is 1. The van der Waals surface area contributed by atoms with Crippen LogP contribution in [0.25, 0.3) is 0 Å². The van der Waals surface area contributed by atoms with Crippen molar-refractivity contribution in [2.45, 2.75) is 19.9 Å². The summed E-state index contributed by atoms with van der Waals surface area (Å²) in [7, 11) is 1.62. The van der Waals surface area contributed by atoms with Crippen molar-refractivity contribution in [1.29, 1.82) is 0 Å². The average Bonchev–Trinajstić information content (AvgIpc) is 2.26. The van der Waals surface area contributed by atoms with E-state index in [1.54, 1.807) is 7.05 Å². The van der Waals surface area contributed by atoms with Crippen molar-refractivity contribution in [3.63, 3.8) is 0 Å². The third kappa shape index (κ3) is 4.41. The molecule has 104 valence electrons. The number of amides is 1. The standard InChI is InChI=1S/C11H17N5O3/c1-7(2)13-11(17)6-15(3)10-5-8(16(18)19)4-9(12)14-10/h4-5,7H,6H2,1-3H3,(H2,12,14)(H,13,17). The lowest BCUT2D eigenvalue weighted by Gasteiger charge is -2.18. The molecule has 0 aromatic carbocycles. The summed E-state index contributed by atoms with van der Waals surface area (Å²) in [6, 6.07) is 2.48. The fourth-order valence-corrected chi connectivity index (χ4v) is 1.49. The Labute approximate surface area is 110 Å². The molecule has 0 spiro atoms. The van der Waals surface area contributed by atoms with E-state index in [2.05, 4.69) is 10.3 Å². The number of nitrogens with two attached hydrogens (primary N) is 1. The molecule has 0 saturated carbocycles. The zero-order chi connectivity index (χ0) is 14.6. The minimum atomic E-state index is -0.552. The van der Waals surface area contributed by atoms with E-state index in [1.807, 2.05) is 13.8 Å². The molecule has 1 rings (SSSR count). The van der Waals surface area contributed by atoms with Gasteiger partial charge in [-0.2, -0.15) is 0 Å². The Morgan fingerprint density at radius 1 is 1.58 bits per heavy atom. The number of nitrogens with one attached hydrogen (secondary N) is 1. The first kappa shape index (κ1) is 14.7. The lowest BCUT2D eigenvalue weighted by atomic mass is 10.3. The molecule has 1 aromatic heterocycles. The highest BCUT2D eigenvalue weighted by molar-refractivity contribution is 5.81. The van der Waals surface area contributed by atoms with Crippen molar-refractivity contribution in [2.75, 3.05) is 24.2 Å². The molecule has 8 nitrogen and oxygen atoms in total. The number of nitro groups is 1. The predicted octanol–water partition coefficient (Wildman–Crippen LogP) is 0.533. The molecule has 0 atom stereocenters.